The minimum Gasteiger partial charge on any atom is -0.368 e. The zero-order valence-electron chi connectivity index (χ0n) is 8.55. The summed E-state index contributed by atoms with van der Waals surface area (Å²) < 4.78 is 1.67. The van der Waals surface area contributed by atoms with E-state index in [1.165, 1.54) is 6.33 Å². The number of halogens is 1. The SMILES string of the molecule is Cn1ncnc1CNc1cc(Cl)nc(N)n1. The molecule has 0 aliphatic rings. The van der Waals surface area contributed by atoms with Crippen LogP contribution in [0.25, 0.3) is 0 Å². The molecule has 3 N–H and O–H groups in total. The predicted molar refractivity (Wildman–Crippen MR) is 59.8 cm³/mol. The lowest BCUT2D eigenvalue weighted by molar-refractivity contribution is 0.711. The fraction of sp³-hybridized carbons (Fsp3) is 0.250. The van der Waals surface area contributed by atoms with Crippen LogP contribution >= 0.6 is 11.6 Å². The number of nitrogens with zero attached hydrogens (tertiary/aromatic N) is 5. The number of nitrogens with one attached hydrogen (secondary N) is 1. The summed E-state index contributed by atoms with van der Waals surface area (Å²) in [5.41, 5.74) is 5.46. The highest BCUT2D eigenvalue weighted by atomic mass is 35.5. The third-order valence-corrected chi connectivity index (χ3v) is 2.14. The van der Waals surface area contributed by atoms with E-state index < -0.39 is 0 Å². The Hall–Kier alpha value is -1.89. The van der Waals surface area contributed by atoms with Crippen LogP contribution in [0.3, 0.4) is 0 Å². The molecule has 0 aromatic carbocycles. The molecule has 0 spiro atoms. The molecule has 0 saturated carbocycles. The summed E-state index contributed by atoms with van der Waals surface area (Å²) in [6.07, 6.45) is 1.48. The zero-order valence-corrected chi connectivity index (χ0v) is 9.31. The lowest BCUT2D eigenvalue weighted by Crippen LogP contribution is -2.08. The van der Waals surface area contributed by atoms with Gasteiger partial charge in [0.2, 0.25) is 5.95 Å². The standard InChI is InChI=1S/C8H10ClN7/c1-16-7(12-4-13-16)3-11-6-2-5(9)14-8(10)15-6/h2,4H,3H2,1H3,(H3,10,11,14,15). The Balaban J connectivity index is 2.07. The molecule has 16 heavy (non-hydrogen) atoms. The second kappa shape index (κ2) is 4.31. The van der Waals surface area contributed by atoms with Gasteiger partial charge in [0.1, 0.15) is 23.1 Å². The van der Waals surface area contributed by atoms with E-state index in [0.717, 1.165) is 5.82 Å². The average Bonchev–Trinajstić information content (AvgIpc) is 2.59. The first-order valence-electron chi connectivity index (χ1n) is 4.52. The van der Waals surface area contributed by atoms with Crippen LogP contribution in [0.4, 0.5) is 11.8 Å². The van der Waals surface area contributed by atoms with E-state index in [4.69, 9.17) is 17.3 Å². The molecular weight excluding hydrogens is 230 g/mol. The Labute approximate surface area is 96.7 Å². The van der Waals surface area contributed by atoms with Crippen LogP contribution in [-0.4, -0.2) is 24.7 Å². The maximum absolute atomic E-state index is 5.74. The fourth-order valence-corrected chi connectivity index (χ4v) is 1.37. The van der Waals surface area contributed by atoms with Crippen molar-refractivity contribution >= 4 is 23.4 Å². The number of anilines is 2. The van der Waals surface area contributed by atoms with Gasteiger partial charge in [-0.3, -0.25) is 4.68 Å². The highest BCUT2D eigenvalue weighted by Gasteiger charge is 2.03. The van der Waals surface area contributed by atoms with E-state index in [1.54, 1.807) is 10.7 Å². The van der Waals surface area contributed by atoms with E-state index in [-0.39, 0.29) is 5.95 Å². The van der Waals surface area contributed by atoms with E-state index in [9.17, 15) is 0 Å². The molecule has 0 unspecified atom stereocenters. The molecule has 0 amide bonds. The van der Waals surface area contributed by atoms with Gasteiger partial charge < -0.3 is 11.1 Å². The van der Waals surface area contributed by atoms with E-state index in [0.29, 0.717) is 17.5 Å². The van der Waals surface area contributed by atoms with Crippen LogP contribution in [0.2, 0.25) is 5.15 Å². The molecule has 84 valence electrons. The first kappa shape index (κ1) is 10.6. The minimum absolute atomic E-state index is 0.132. The zero-order chi connectivity index (χ0) is 11.5. The van der Waals surface area contributed by atoms with Crippen molar-refractivity contribution < 1.29 is 0 Å². The van der Waals surface area contributed by atoms with Crippen molar-refractivity contribution in [3.05, 3.63) is 23.4 Å². The molecule has 0 bridgehead atoms. The molecule has 8 heteroatoms. The Bertz CT molecular complexity index is 475. The van der Waals surface area contributed by atoms with Crippen molar-refractivity contribution in [2.45, 2.75) is 6.54 Å². The Morgan fingerprint density at radius 1 is 1.50 bits per heavy atom. The summed E-state index contributed by atoms with van der Waals surface area (Å²) in [4.78, 5) is 11.8. The van der Waals surface area contributed by atoms with Crippen molar-refractivity contribution in [2.75, 3.05) is 11.1 Å². The molecule has 2 heterocycles. The summed E-state index contributed by atoms with van der Waals surface area (Å²) in [6, 6.07) is 1.59. The lowest BCUT2D eigenvalue weighted by Gasteiger charge is -2.05. The quantitative estimate of drug-likeness (QED) is 0.756. The van der Waals surface area contributed by atoms with E-state index in [2.05, 4.69) is 25.4 Å². The number of aromatic nitrogens is 5. The van der Waals surface area contributed by atoms with Gasteiger partial charge >= 0.3 is 0 Å². The van der Waals surface area contributed by atoms with Crippen LogP contribution in [0.1, 0.15) is 5.82 Å². The summed E-state index contributed by atoms with van der Waals surface area (Å²) in [7, 11) is 1.81. The monoisotopic (exact) mass is 239 g/mol. The maximum Gasteiger partial charge on any atom is 0.223 e. The number of nitrogen functional groups attached to an aromatic ring is 1. The Kier molecular flexibility index (Phi) is 2.86. The molecule has 2 rings (SSSR count). The van der Waals surface area contributed by atoms with Gasteiger partial charge in [-0.15, -0.1) is 0 Å². The summed E-state index contributed by atoms with van der Waals surface area (Å²) in [6.45, 7) is 0.489. The number of rotatable bonds is 3. The van der Waals surface area contributed by atoms with Crippen LogP contribution in [0, 0.1) is 0 Å². The van der Waals surface area contributed by atoms with Gasteiger partial charge in [-0.25, -0.2) is 9.97 Å². The van der Waals surface area contributed by atoms with Crippen LogP contribution < -0.4 is 11.1 Å². The predicted octanol–water partition coefficient (Wildman–Crippen LogP) is 0.453. The molecule has 0 aliphatic heterocycles. The molecule has 0 fully saturated rings. The van der Waals surface area contributed by atoms with E-state index in [1.807, 2.05) is 7.05 Å². The number of nitrogens with two attached hydrogens (primary N) is 1. The van der Waals surface area contributed by atoms with E-state index >= 15 is 0 Å². The smallest absolute Gasteiger partial charge is 0.223 e. The van der Waals surface area contributed by atoms with Crippen LogP contribution in [-0.2, 0) is 13.6 Å². The second-order valence-electron chi connectivity index (χ2n) is 3.09. The van der Waals surface area contributed by atoms with Crippen molar-refractivity contribution in [2.24, 2.45) is 7.05 Å². The molecule has 0 atom stereocenters. The van der Waals surface area contributed by atoms with Gasteiger partial charge in [0, 0.05) is 13.1 Å². The molecule has 0 radical (unpaired) electrons. The molecule has 0 aliphatic carbocycles. The van der Waals surface area contributed by atoms with Crippen molar-refractivity contribution in [3.63, 3.8) is 0 Å². The Morgan fingerprint density at radius 3 is 2.94 bits per heavy atom. The highest BCUT2D eigenvalue weighted by molar-refractivity contribution is 6.29. The van der Waals surface area contributed by atoms with Crippen molar-refractivity contribution in [1.29, 1.82) is 0 Å². The third-order valence-electron chi connectivity index (χ3n) is 1.94. The van der Waals surface area contributed by atoms with Crippen molar-refractivity contribution in [3.8, 4) is 0 Å². The average molecular weight is 240 g/mol. The number of hydrogen-bond donors (Lipinski definition) is 2. The first-order valence-corrected chi connectivity index (χ1v) is 4.90. The van der Waals surface area contributed by atoms with Gasteiger partial charge in [-0.2, -0.15) is 10.1 Å². The number of hydrogen-bond acceptors (Lipinski definition) is 6. The van der Waals surface area contributed by atoms with Crippen molar-refractivity contribution in [1.82, 2.24) is 24.7 Å². The lowest BCUT2D eigenvalue weighted by atomic mass is 10.5. The second-order valence-corrected chi connectivity index (χ2v) is 3.47. The van der Waals surface area contributed by atoms with Gasteiger partial charge in [0.15, 0.2) is 0 Å². The normalized spacial score (nSPS) is 10.4. The topological polar surface area (TPSA) is 94.5 Å². The molecular formula is C8H10ClN7. The summed E-state index contributed by atoms with van der Waals surface area (Å²) in [5, 5.41) is 7.28. The third kappa shape index (κ3) is 2.37. The molecule has 2 aromatic heterocycles. The molecule has 0 saturated heterocycles. The van der Waals surface area contributed by atoms with Gasteiger partial charge in [-0.1, -0.05) is 11.6 Å². The van der Waals surface area contributed by atoms with Crippen LogP contribution in [0.5, 0.6) is 0 Å². The first-order chi connectivity index (χ1) is 7.65. The highest BCUT2D eigenvalue weighted by Crippen LogP contribution is 2.12. The Morgan fingerprint density at radius 2 is 2.31 bits per heavy atom. The van der Waals surface area contributed by atoms with Gasteiger partial charge in [0.25, 0.3) is 0 Å². The summed E-state index contributed by atoms with van der Waals surface area (Å²) >= 11 is 5.74. The maximum atomic E-state index is 5.74. The fourth-order valence-electron chi connectivity index (χ4n) is 1.18. The van der Waals surface area contributed by atoms with Crippen LogP contribution in [0.15, 0.2) is 12.4 Å². The van der Waals surface area contributed by atoms with Gasteiger partial charge in [0.05, 0.1) is 6.54 Å². The largest absolute Gasteiger partial charge is 0.368 e. The molecule has 7 nitrogen and oxygen atoms in total. The summed E-state index contributed by atoms with van der Waals surface area (Å²) in [5.74, 6) is 1.47. The number of aryl methyl sites for hydroxylation is 1. The minimum atomic E-state index is 0.132. The van der Waals surface area contributed by atoms with Gasteiger partial charge in [-0.05, 0) is 0 Å². The molecule has 2 aromatic rings.